The van der Waals surface area contributed by atoms with Crippen LogP contribution in [0, 0.1) is 0 Å². The van der Waals surface area contributed by atoms with Gasteiger partial charge in [0, 0.05) is 43.3 Å². The number of aliphatic carboxylic acids is 3. The summed E-state index contributed by atoms with van der Waals surface area (Å²) in [6.45, 7) is 4.09. The number of carbonyl (C=O) groups excluding carboxylic acids is 14. The van der Waals surface area contributed by atoms with Gasteiger partial charge in [0.25, 0.3) is 0 Å². The number of aliphatic hydroxyl groups excluding tert-OH is 3. The normalized spacial score (nSPS) is 15.3. The number of nitrogens with one attached hydrogen (secondary N) is 12. The van der Waals surface area contributed by atoms with Gasteiger partial charge in [0.1, 0.15) is 66.5 Å². The number of hydrogen-bond acceptors (Lipinski definition) is 20. The lowest BCUT2D eigenvalue weighted by Gasteiger charge is -2.27. The number of rotatable bonds is 39. The van der Waals surface area contributed by atoms with Gasteiger partial charge in [0.15, 0.2) is 0 Å². The molecular weight excluding hydrogens is 1200 g/mol. The molecule has 0 spiro atoms. The Bertz CT molecular complexity index is 3030. The van der Waals surface area contributed by atoms with Crippen molar-refractivity contribution in [1.29, 1.82) is 0 Å². The Morgan fingerprint density at radius 3 is 1.29 bits per heavy atom. The van der Waals surface area contributed by atoms with E-state index in [0.29, 0.717) is 5.56 Å². The summed E-state index contributed by atoms with van der Waals surface area (Å²) in [6, 6.07) is -13.5. The fraction of sp³-hybridized carbons (Fsp3) is 0.519. The van der Waals surface area contributed by atoms with Crippen molar-refractivity contribution < 1.29 is 112 Å². The number of fused-ring (bicyclic) bond motifs is 1. The number of carbonyl (C=O) groups is 17. The Morgan fingerprint density at radius 2 is 0.833 bits per heavy atom. The zero-order valence-electron chi connectivity index (χ0n) is 49.1. The van der Waals surface area contributed by atoms with Crippen molar-refractivity contribution in [3.05, 3.63) is 36.0 Å². The Labute approximate surface area is 510 Å². The number of nitrogens with two attached hydrogens (primary N) is 3. The van der Waals surface area contributed by atoms with E-state index in [0.717, 1.165) is 45.5 Å². The third kappa shape index (κ3) is 25.5. The minimum absolute atomic E-state index is 0.0992. The second kappa shape index (κ2) is 36.1. The molecule has 0 unspecified atom stereocenters. The Morgan fingerprint density at radius 1 is 0.444 bits per heavy atom. The van der Waals surface area contributed by atoms with Gasteiger partial charge in [-0.25, -0.2) is 0 Å². The first-order chi connectivity index (χ1) is 41.9. The molecule has 0 saturated carbocycles. The second-order valence-electron chi connectivity index (χ2n) is 20.5. The van der Waals surface area contributed by atoms with Crippen LogP contribution in [-0.2, 0) is 87.9 Å². The van der Waals surface area contributed by atoms with Gasteiger partial charge in [-0.1, -0.05) is 18.2 Å². The third-order valence-corrected chi connectivity index (χ3v) is 12.9. The van der Waals surface area contributed by atoms with Crippen LogP contribution in [0.25, 0.3) is 10.9 Å². The van der Waals surface area contributed by atoms with Crippen LogP contribution in [0.2, 0.25) is 0 Å². The van der Waals surface area contributed by atoms with E-state index in [-0.39, 0.29) is 6.42 Å². The molecule has 1 heterocycles. The summed E-state index contributed by atoms with van der Waals surface area (Å²) in [5.74, 6) is -22.4. The van der Waals surface area contributed by atoms with Gasteiger partial charge in [-0.05, 0) is 52.2 Å². The molecule has 2 rings (SSSR count). The average Bonchev–Trinajstić information content (AvgIpc) is 2.35. The molecule has 0 aliphatic carbocycles. The van der Waals surface area contributed by atoms with E-state index in [2.05, 4.69) is 42.2 Å². The minimum Gasteiger partial charge on any atom is -0.481 e. The molecule has 0 saturated heterocycles. The minimum atomic E-state index is -2.26. The molecule has 38 nitrogen and oxygen atoms in total. The van der Waals surface area contributed by atoms with Gasteiger partial charge < -0.3 is 111 Å². The van der Waals surface area contributed by atoms with Crippen LogP contribution < -0.4 is 75.7 Å². The quantitative estimate of drug-likeness (QED) is 0.0296. The van der Waals surface area contributed by atoms with E-state index in [4.69, 9.17) is 17.2 Å². The Hall–Kier alpha value is -10.4. The fourth-order valence-electron chi connectivity index (χ4n) is 8.18. The van der Waals surface area contributed by atoms with Gasteiger partial charge >= 0.3 is 17.9 Å². The lowest BCUT2D eigenvalue weighted by Crippen LogP contribution is -2.62. The number of benzene rings is 1. The molecule has 90 heavy (non-hydrogen) atoms. The molecule has 1 aromatic heterocycles. The topological polar surface area (TPSA) is 638 Å². The maximum absolute atomic E-state index is 13.8. The monoisotopic (exact) mass is 1280 g/mol. The maximum Gasteiger partial charge on any atom is 0.305 e. The van der Waals surface area contributed by atoms with Crippen molar-refractivity contribution in [3.63, 3.8) is 0 Å². The van der Waals surface area contributed by atoms with E-state index in [1.54, 1.807) is 30.5 Å². The number of aromatic nitrogens is 1. The molecule has 14 amide bonds. The summed E-state index contributed by atoms with van der Waals surface area (Å²) in [5.41, 5.74) is 17.4. The molecule has 0 aliphatic rings. The standard InChI is InChI=1S/C52H75N15O23/c1-20(57-47(85)32(16-38(76)77)64-45(83)28(10-12-35(53)72)61-52(90)40(22(3)69)59-24(5)71)43(81)60-29(11-13-37(74)75)46(84)65-33(17-39(78)79)48(86)63-31(15-36(54)73)49(87)67-41(23(4)70)51(89)58-21(2)44(82)66-34(19-68)50(88)62-30(42(55)80)14-25-18-56-27-9-7-6-8-26(25)27/h6-9,18,20-23,28-34,40-41,56,68-70H,10-17,19H2,1-5H3,(H2,53,72)(H2,54,73)(H2,55,80)(H,57,85)(H,58,89)(H,59,71)(H,60,81)(H,61,90)(H,62,88)(H,63,86)(H,64,83)(H,65,84)(H,66,82)(H,67,87)(H,74,75)(H,76,77)(H,78,79)/t20-,21-,22+,23+,28-,29-,30-,31-,32-,33-,34-,40-,41-/m0/s1. The molecule has 24 N–H and O–H groups in total. The number of aliphatic hydroxyl groups is 3. The lowest BCUT2D eigenvalue weighted by atomic mass is 10.0. The summed E-state index contributed by atoms with van der Waals surface area (Å²) in [5, 5.41) is 83.2. The highest BCUT2D eigenvalue weighted by Crippen LogP contribution is 2.19. The molecule has 0 aliphatic heterocycles. The summed E-state index contributed by atoms with van der Waals surface area (Å²) >= 11 is 0. The first-order valence-corrected chi connectivity index (χ1v) is 27.3. The van der Waals surface area contributed by atoms with Crippen molar-refractivity contribution in [1.82, 2.24) is 63.5 Å². The predicted octanol–water partition coefficient (Wildman–Crippen LogP) is -9.70. The van der Waals surface area contributed by atoms with Crippen LogP contribution >= 0.6 is 0 Å². The summed E-state index contributed by atoms with van der Waals surface area (Å²) in [7, 11) is 0. The molecule has 1 aromatic carbocycles. The highest BCUT2D eigenvalue weighted by molar-refractivity contribution is 6.01. The number of carboxylic acids is 3. The van der Waals surface area contributed by atoms with Crippen LogP contribution in [0.1, 0.15) is 85.1 Å². The van der Waals surface area contributed by atoms with Crippen molar-refractivity contribution in [2.45, 2.75) is 165 Å². The Kier molecular flexibility index (Phi) is 30.3. The van der Waals surface area contributed by atoms with Crippen LogP contribution in [0.4, 0.5) is 0 Å². The number of primary amides is 3. The molecule has 2 aromatic rings. The van der Waals surface area contributed by atoms with E-state index in [9.17, 15) is 112 Å². The SMILES string of the molecule is CC(=O)N[C@H](C(=O)N[C@@H](CCC(N)=O)C(=O)N[C@@H](CC(=O)O)C(=O)N[C@@H](C)C(=O)N[C@@H](CCC(=O)O)C(=O)N[C@@H](CC(=O)O)C(=O)N[C@@H](CC(N)=O)C(=O)N[C@H](C(=O)N[C@@H](C)C(=O)N[C@@H](CO)C(=O)N[C@@H](Cc1c[nH]c2ccccc12)C(N)=O)[C@@H](C)O)[C@@H](C)O. The largest absolute Gasteiger partial charge is 0.481 e. The second-order valence-corrected chi connectivity index (χ2v) is 20.5. The number of aromatic amines is 1. The van der Waals surface area contributed by atoms with Crippen LogP contribution in [0.3, 0.4) is 0 Å². The van der Waals surface area contributed by atoms with Crippen LogP contribution in [-0.4, -0.2) is 222 Å². The number of carboxylic acid groups (broad SMARTS) is 3. The maximum atomic E-state index is 13.8. The fourth-order valence-corrected chi connectivity index (χ4v) is 8.18. The van der Waals surface area contributed by atoms with Crippen molar-refractivity contribution in [3.8, 4) is 0 Å². The first kappa shape index (κ1) is 75.7. The zero-order valence-corrected chi connectivity index (χ0v) is 49.1. The predicted molar refractivity (Wildman–Crippen MR) is 304 cm³/mol. The molecule has 38 heteroatoms. The van der Waals surface area contributed by atoms with Crippen LogP contribution in [0.5, 0.6) is 0 Å². The number of hydrogen-bond donors (Lipinski definition) is 21. The average molecular weight is 1280 g/mol. The third-order valence-electron chi connectivity index (χ3n) is 12.9. The smallest absolute Gasteiger partial charge is 0.305 e. The molecular formula is C52H75N15O23. The summed E-state index contributed by atoms with van der Waals surface area (Å²) in [4.78, 5) is 221. The number of amides is 14. The number of para-hydroxylation sites is 1. The summed E-state index contributed by atoms with van der Waals surface area (Å²) in [6.07, 6.45) is -8.40. The van der Waals surface area contributed by atoms with Crippen molar-refractivity contribution in [2.75, 3.05) is 6.61 Å². The zero-order chi connectivity index (χ0) is 68.4. The molecule has 0 bridgehead atoms. The lowest BCUT2D eigenvalue weighted by molar-refractivity contribution is -0.142. The van der Waals surface area contributed by atoms with Gasteiger partial charge in [-0.15, -0.1) is 0 Å². The Balaban J connectivity index is 2.28. The molecule has 496 valence electrons. The van der Waals surface area contributed by atoms with E-state index in [1.807, 2.05) is 21.3 Å². The van der Waals surface area contributed by atoms with Gasteiger partial charge in [-0.2, -0.15) is 0 Å². The highest BCUT2D eigenvalue weighted by Gasteiger charge is 2.38. The summed E-state index contributed by atoms with van der Waals surface area (Å²) < 4.78 is 0. The van der Waals surface area contributed by atoms with E-state index < -0.39 is 231 Å². The number of H-pyrrole nitrogens is 1. The first-order valence-electron chi connectivity index (χ1n) is 27.3. The van der Waals surface area contributed by atoms with Gasteiger partial charge in [-0.3, -0.25) is 81.5 Å². The van der Waals surface area contributed by atoms with Crippen LogP contribution in [0.15, 0.2) is 30.5 Å². The molecule has 0 radical (unpaired) electrons. The molecule has 0 fully saturated rings. The highest BCUT2D eigenvalue weighted by atomic mass is 16.4. The van der Waals surface area contributed by atoms with E-state index in [1.165, 1.54) is 0 Å². The van der Waals surface area contributed by atoms with Crippen molar-refractivity contribution >= 4 is 112 Å². The van der Waals surface area contributed by atoms with Gasteiger partial charge in [0.2, 0.25) is 82.7 Å². The van der Waals surface area contributed by atoms with Gasteiger partial charge in [0.05, 0.1) is 38.1 Å². The molecule has 13 atom stereocenters. The van der Waals surface area contributed by atoms with E-state index >= 15 is 0 Å². The van der Waals surface area contributed by atoms with Crippen molar-refractivity contribution in [2.24, 2.45) is 17.2 Å².